The van der Waals surface area contributed by atoms with Crippen LogP contribution in [0.2, 0.25) is 10.0 Å². The highest BCUT2D eigenvalue weighted by atomic mass is 35.5. The molecule has 0 aliphatic rings. The number of alkyl carbamates (subject to hydrolysis) is 1. The highest BCUT2D eigenvalue weighted by Crippen LogP contribution is 2.24. The van der Waals surface area contributed by atoms with E-state index in [1.165, 1.54) is 13.1 Å². The molecule has 0 aliphatic heterocycles. The molecular weight excluding hydrogens is 295 g/mol. The van der Waals surface area contributed by atoms with E-state index < -0.39 is 12.2 Å². The number of rotatable bonds is 4. The molecule has 0 saturated carbocycles. The van der Waals surface area contributed by atoms with E-state index in [2.05, 4.69) is 15.4 Å². The van der Waals surface area contributed by atoms with Crippen molar-refractivity contribution < 1.29 is 19.1 Å². The summed E-state index contributed by atoms with van der Waals surface area (Å²) in [6.45, 7) is -0.0883. The van der Waals surface area contributed by atoms with Crippen LogP contribution in [0, 0.1) is 0 Å². The van der Waals surface area contributed by atoms with Gasteiger partial charge in [-0.15, -0.1) is 0 Å². The molecule has 1 aromatic carbocycles. The molecule has 0 atom stereocenters. The fraction of sp³-hybridized carbons (Fsp3) is 0.273. The third-order valence-electron chi connectivity index (χ3n) is 1.92. The molecule has 0 spiro atoms. The summed E-state index contributed by atoms with van der Waals surface area (Å²) in [5.74, 6) is 0. The van der Waals surface area contributed by atoms with Gasteiger partial charge in [-0.25, -0.2) is 9.59 Å². The van der Waals surface area contributed by atoms with Crippen LogP contribution in [0.1, 0.15) is 0 Å². The van der Waals surface area contributed by atoms with Crippen molar-refractivity contribution in [2.24, 2.45) is 0 Å². The van der Waals surface area contributed by atoms with Crippen LogP contribution in [0.4, 0.5) is 15.3 Å². The molecule has 0 bridgehead atoms. The Morgan fingerprint density at radius 3 is 2.32 bits per heavy atom. The van der Waals surface area contributed by atoms with Gasteiger partial charge in [-0.05, 0) is 18.2 Å². The Kier molecular flexibility index (Phi) is 6.24. The summed E-state index contributed by atoms with van der Waals surface area (Å²) in [5.41, 5.74) is 0.451. The molecule has 19 heavy (non-hydrogen) atoms. The molecule has 0 unspecified atom stereocenters. The van der Waals surface area contributed by atoms with Crippen LogP contribution in [0.5, 0.6) is 0 Å². The third kappa shape index (κ3) is 5.67. The minimum Gasteiger partial charge on any atom is -0.446 e. The maximum atomic E-state index is 11.4. The zero-order chi connectivity index (χ0) is 14.3. The van der Waals surface area contributed by atoms with E-state index in [0.717, 1.165) is 0 Å². The second-order valence-corrected chi connectivity index (χ2v) is 4.09. The van der Waals surface area contributed by atoms with E-state index in [1.807, 2.05) is 0 Å². The molecule has 1 aromatic rings. The Balaban J connectivity index is 2.31. The SMILES string of the molecule is CNC(=O)OCCOC(=O)Nc1ccc(Cl)c(Cl)c1. The number of hydrogen-bond donors (Lipinski definition) is 2. The standard InChI is InChI=1S/C11H12Cl2N2O4/c1-14-10(16)18-4-5-19-11(17)15-7-2-3-8(12)9(13)6-7/h2-3,6H,4-5H2,1H3,(H,14,16)(H,15,17). The molecule has 0 saturated heterocycles. The lowest BCUT2D eigenvalue weighted by molar-refractivity contribution is 0.103. The Labute approximate surface area is 120 Å². The van der Waals surface area contributed by atoms with E-state index in [9.17, 15) is 9.59 Å². The van der Waals surface area contributed by atoms with Crippen molar-refractivity contribution in [1.29, 1.82) is 0 Å². The lowest BCUT2D eigenvalue weighted by Gasteiger charge is -2.08. The van der Waals surface area contributed by atoms with Crippen molar-refractivity contribution in [2.45, 2.75) is 0 Å². The molecular formula is C11H12Cl2N2O4. The molecule has 2 N–H and O–H groups in total. The molecule has 0 aliphatic carbocycles. The lowest BCUT2D eigenvalue weighted by Crippen LogP contribution is -2.23. The fourth-order valence-electron chi connectivity index (χ4n) is 1.07. The second kappa shape index (κ2) is 7.70. The number of halogens is 2. The average Bonchev–Trinajstić information content (AvgIpc) is 2.38. The highest BCUT2D eigenvalue weighted by molar-refractivity contribution is 6.42. The average molecular weight is 307 g/mol. The number of hydrogen-bond acceptors (Lipinski definition) is 4. The predicted octanol–water partition coefficient (Wildman–Crippen LogP) is 2.90. The van der Waals surface area contributed by atoms with Crippen LogP contribution >= 0.6 is 23.2 Å². The van der Waals surface area contributed by atoms with Gasteiger partial charge < -0.3 is 14.8 Å². The first-order valence-electron chi connectivity index (χ1n) is 5.26. The summed E-state index contributed by atoms with van der Waals surface area (Å²) < 4.78 is 9.41. The van der Waals surface area contributed by atoms with Crippen molar-refractivity contribution in [3.63, 3.8) is 0 Å². The molecule has 0 radical (unpaired) electrons. The van der Waals surface area contributed by atoms with Crippen LogP contribution in [0.3, 0.4) is 0 Å². The maximum Gasteiger partial charge on any atom is 0.411 e. The Morgan fingerprint density at radius 2 is 1.74 bits per heavy atom. The summed E-state index contributed by atoms with van der Waals surface area (Å²) in [4.78, 5) is 22.1. The van der Waals surface area contributed by atoms with Crippen LogP contribution in [-0.4, -0.2) is 32.4 Å². The highest BCUT2D eigenvalue weighted by Gasteiger charge is 2.06. The first-order valence-corrected chi connectivity index (χ1v) is 6.02. The number of benzene rings is 1. The third-order valence-corrected chi connectivity index (χ3v) is 2.66. The van der Waals surface area contributed by atoms with Crippen molar-refractivity contribution in [2.75, 3.05) is 25.6 Å². The van der Waals surface area contributed by atoms with E-state index in [-0.39, 0.29) is 13.2 Å². The summed E-state index contributed by atoms with van der Waals surface area (Å²) in [7, 11) is 1.43. The van der Waals surface area contributed by atoms with Crippen molar-refractivity contribution in [1.82, 2.24) is 5.32 Å². The fourth-order valence-corrected chi connectivity index (χ4v) is 1.37. The molecule has 0 fully saturated rings. The molecule has 0 heterocycles. The number of nitrogens with one attached hydrogen (secondary N) is 2. The predicted molar refractivity (Wildman–Crippen MR) is 71.8 cm³/mol. The topological polar surface area (TPSA) is 76.7 Å². The van der Waals surface area contributed by atoms with Gasteiger partial charge in [0.05, 0.1) is 10.0 Å². The summed E-state index contributed by atoms with van der Waals surface area (Å²) in [5, 5.41) is 5.42. The molecule has 2 amide bonds. The summed E-state index contributed by atoms with van der Waals surface area (Å²) >= 11 is 11.5. The minimum absolute atomic E-state index is 0.0333. The van der Waals surface area contributed by atoms with Gasteiger partial charge >= 0.3 is 12.2 Å². The van der Waals surface area contributed by atoms with Gasteiger partial charge in [-0.1, -0.05) is 23.2 Å². The largest absolute Gasteiger partial charge is 0.446 e. The first kappa shape index (κ1) is 15.4. The molecule has 0 aromatic heterocycles. The van der Waals surface area contributed by atoms with E-state index in [0.29, 0.717) is 15.7 Å². The van der Waals surface area contributed by atoms with Crippen molar-refractivity contribution in [3.8, 4) is 0 Å². The molecule has 1 rings (SSSR count). The Morgan fingerprint density at radius 1 is 1.11 bits per heavy atom. The van der Waals surface area contributed by atoms with Gasteiger partial charge in [0.25, 0.3) is 0 Å². The second-order valence-electron chi connectivity index (χ2n) is 3.28. The number of anilines is 1. The molecule has 6 nitrogen and oxygen atoms in total. The van der Waals surface area contributed by atoms with Gasteiger partial charge in [0.2, 0.25) is 0 Å². The van der Waals surface area contributed by atoms with Gasteiger partial charge in [-0.2, -0.15) is 0 Å². The number of carbonyl (C=O) groups is 2. The van der Waals surface area contributed by atoms with E-state index >= 15 is 0 Å². The van der Waals surface area contributed by atoms with Gasteiger partial charge in [0.15, 0.2) is 0 Å². The van der Waals surface area contributed by atoms with Crippen LogP contribution in [0.25, 0.3) is 0 Å². The zero-order valence-electron chi connectivity index (χ0n) is 10.0. The zero-order valence-corrected chi connectivity index (χ0v) is 11.5. The minimum atomic E-state index is -0.682. The number of carbonyl (C=O) groups excluding carboxylic acids is 2. The number of ether oxygens (including phenoxy) is 2. The van der Waals surface area contributed by atoms with E-state index in [1.54, 1.807) is 12.1 Å². The van der Waals surface area contributed by atoms with Crippen LogP contribution in [-0.2, 0) is 9.47 Å². The normalized spacial score (nSPS) is 9.63. The lowest BCUT2D eigenvalue weighted by atomic mass is 10.3. The van der Waals surface area contributed by atoms with Crippen molar-refractivity contribution >= 4 is 41.1 Å². The quantitative estimate of drug-likeness (QED) is 0.839. The monoisotopic (exact) mass is 306 g/mol. The van der Waals surface area contributed by atoms with Crippen LogP contribution < -0.4 is 10.6 Å². The van der Waals surface area contributed by atoms with Crippen LogP contribution in [0.15, 0.2) is 18.2 Å². The van der Waals surface area contributed by atoms with E-state index in [4.69, 9.17) is 27.9 Å². The summed E-state index contributed by atoms with van der Waals surface area (Å²) in [6.07, 6.45) is -1.27. The maximum absolute atomic E-state index is 11.4. The van der Waals surface area contributed by atoms with Gasteiger partial charge in [0, 0.05) is 12.7 Å². The van der Waals surface area contributed by atoms with Gasteiger partial charge in [0.1, 0.15) is 13.2 Å². The molecule has 104 valence electrons. The van der Waals surface area contributed by atoms with Gasteiger partial charge in [-0.3, -0.25) is 5.32 Å². The first-order chi connectivity index (χ1) is 9.02. The smallest absolute Gasteiger partial charge is 0.411 e. The molecule has 8 heteroatoms. The Bertz CT molecular complexity index is 468. The Hall–Kier alpha value is -1.66. The summed E-state index contributed by atoms with van der Waals surface area (Å²) in [6, 6.07) is 4.62. The van der Waals surface area contributed by atoms with Crippen molar-refractivity contribution in [3.05, 3.63) is 28.2 Å². The number of amides is 2.